The van der Waals surface area contributed by atoms with Crippen LogP contribution in [0.5, 0.6) is 17.2 Å². The Morgan fingerprint density at radius 2 is 0.700 bits per heavy atom. The third-order valence-corrected chi connectivity index (χ3v) is 31.3. The molecule has 0 bridgehead atoms. The van der Waals surface area contributed by atoms with Crippen LogP contribution in [0.2, 0.25) is 0 Å². The summed E-state index contributed by atoms with van der Waals surface area (Å²) in [7, 11) is 4.76. The zero-order valence-electron chi connectivity index (χ0n) is 79.3. The number of H-pyrrole nitrogens is 1. The lowest BCUT2D eigenvalue weighted by molar-refractivity contribution is 0.0505. The van der Waals surface area contributed by atoms with Gasteiger partial charge in [0.25, 0.3) is 0 Å². The predicted molar refractivity (Wildman–Crippen MR) is 527 cm³/mol. The van der Waals surface area contributed by atoms with Crippen LogP contribution in [0.3, 0.4) is 0 Å². The highest BCUT2D eigenvalue weighted by Gasteiger charge is 2.40. The number of aliphatic hydroxyl groups excluding tert-OH is 2. The number of carbonyl (C=O) groups excluding carboxylic acids is 4. The molecule has 4 heterocycles. The Labute approximate surface area is 878 Å². The SMILES string of the molecule is CCOC(=O)c1nnn(Cc2ccc(OC)cc2)c1SC1Cc2cc(F)c(F)cc2C1.CCOC(=O)c1nnn(Cc2ccc(OC)cc2)c1SC1Cc2cc(F)c(F)cc2C1O.COc1ccc(Cn2nnc(C(=O)O)c2SC2Cc3cc(F)c(F)cc3C2)cc1.O=C(O)c1n[nH]nc1SC1Cc2cc(F)c(F)cc2C1.O=C1CCc2cc(F)c(F)cc21.O=C1c2cc(F)c(F)cc2CC1Br.OC1c2cc(F)c(F)cc2CC1Br. The Morgan fingerprint density at radius 1 is 0.373 bits per heavy atom. The van der Waals surface area contributed by atoms with E-state index in [4.69, 9.17) is 28.8 Å². The molecule has 14 aromatic rings. The van der Waals surface area contributed by atoms with Crippen LogP contribution in [-0.4, -0.2) is 181 Å². The van der Waals surface area contributed by atoms with Crippen molar-refractivity contribution in [3.8, 4) is 17.2 Å². The van der Waals surface area contributed by atoms with Crippen molar-refractivity contribution in [2.75, 3.05) is 34.5 Å². The summed E-state index contributed by atoms with van der Waals surface area (Å²) in [6.45, 7) is 4.87. The Balaban J connectivity index is 0.000000135. The van der Waals surface area contributed by atoms with Gasteiger partial charge >= 0.3 is 23.9 Å². The first-order valence-electron chi connectivity index (χ1n) is 45.9. The number of ether oxygens (including phenoxy) is 5. The van der Waals surface area contributed by atoms with E-state index in [0.717, 1.165) is 110 Å². The number of aliphatic hydroxyl groups is 2. The van der Waals surface area contributed by atoms with Gasteiger partial charge in [0.2, 0.25) is 22.8 Å². The number of benzene rings is 10. The number of fused-ring (bicyclic) bond motifs is 7. The molecule has 10 aromatic carbocycles. The normalized spacial score (nSPS) is 16.2. The zero-order valence-corrected chi connectivity index (χ0v) is 85.8. The summed E-state index contributed by atoms with van der Waals surface area (Å²) in [5.74, 6) is -14.1. The lowest BCUT2D eigenvalue weighted by Gasteiger charge is -2.16. The molecule has 0 spiro atoms. The largest absolute Gasteiger partial charge is 0.497 e. The van der Waals surface area contributed by atoms with Crippen molar-refractivity contribution in [3.05, 3.63) is 357 Å². The first-order valence-corrected chi connectivity index (χ1v) is 51.2. The first kappa shape index (κ1) is 111. The van der Waals surface area contributed by atoms with Crippen LogP contribution in [0.4, 0.5) is 61.5 Å². The summed E-state index contributed by atoms with van der Waals surface area (Å²) < 4.78 is 215. The van der Waals surface area contributed by atoms with Crippen molar-refractivity contribution in [1.29, 1.82) is 0 Å². The summed E-state index contributed by atoms with van der Waals surface area (Å²) in [4.78, 5) is 69.3. The lowest BCUT2D eigenvalue weighted by atomic mass is 10.1. The van der Waals surface area contributed by atoms with E-state index in [2.05, 4.69) is 78.2 Å². The number of Topliss-reactive ketones (excluding diaryl/α,β-unsaturated/α-hetero) is 2. The molecule has 0 fully saturated rings. The van der Waals surface area contributed by atoms with Crippen LogP contribution in [0.25, 0.3) is 0 Å². The van der Waals surface area contributed by atoms with Gasteiger partial charge in [-0.15, -0.1) is 49.0 Å². The number of hydrogen-bond donors (Lipinski definition) is 5. The number of alkyl halides is 2. The molecule has 0 saturated heterocycles. The van der Waals surface area contributed by atoms with E-state index in [9.17, 15) is 106 Å². The Bertz CT molecular complexity index is 7340. The number of ketones is 2. The maximum absolute atomic E-state index is 13.7. The second kappa shape index (κ2) is 49.2. The number of hydrogen-bond acceptors (Lipinski definition) is 25. The fourth-order valence-electron chi connectivity index (χ4n) is 17.2. The van der Waals surface area contributed by atoms with Crippen LogP contribution < -0.4 is 14.2 Å². The van der Waals surface area contributed by atoms with Gasteiger partial charge in [0, 0.05) is 43.4 Å². The fraction of sp³-hybridized carbons (Fsp3) is 0.282. The summed E-state index contributed by atoms with van der Waals surface area (Å²) in [6.07, 6.45) is 3.66. The van der Waals surface area contributed by atoms with Gasteiger partial charge in [-0.1, -0.05) is 107 Å². The second-order valence-electron chi connectivity index (χ2n) is 34.5. The smallest absolute Gasteiger partial charge is 0.361 e. The molecule has 21 rings (SSSR count). The van der Waals surface area contributed by atoms with Crippen LogP contribution in [0.15, 0.2) is 178 Å². The molecule has 0 radical (unpaired) electrons. The number of thioether (sulfide) groups is 4. The van der Waals surface area contributed by atoms with Crippen molar-refractivity contribution in [3.63, 3.8) is 0 Å². The van der Waals surface area contributed by atoms with E-state index in [1.54, 1.807) is 49.2 Å². The zero-order chi connectivity index (χ0) is 107. The van der Waals surface area contributed by atoms with E-state index in [1.807, 2.05) is 72.8 Å². The number of nitrogens with zero attached hydrogens (tertiary/aromatic N) is 11. The number of aromatic carboxylic acids is 2. The molecule has 5 N–H and O–H groups in total. The number of methoxy groups -OCH3 is 3. The van der Waals surface area contributed by atoms with E-state index in [0.29, 0.717) is 156 Å². The number of aryl methyl sites for hydroxylation is 1. The highest BCUT2D eigenvalue weighted by atomic mass is 79.9. The highest BCUT2D eigenvalue weighted by Crippen LogP contribution is 2.46. The van der Waals surface area contributed by atoms with E-state index in [1.165, 1.54) is 83.4 Å². The van der Waals surface area contributed by atoms with Gasteiger partial charge in [0.05, 0.1) is 71.2 Å². The number of carboxylic acids is 2. The van der Waals surface area contributed by atoms with E-state index < -0.39 is 123 Å². The number of nitrogens with one attached hydrogen (secondary N) is 1. The number of aromatic amines is 1. The fourth-order valence-corrected chi connectivity index (χ4v) is 23.5. The molecule has 7 aliphatic carbocycles. The summed E-state index contributed by atoms with van der Waals surface area (Å²) in [5, 5.41) is 73.6. The van der Waals surface area contributed by atoms with Crippen molar-refractivity contribution in [1.82, 2.24) is 60.4 Å². The molecular formula is C103H86Br2F14N12O15S4. The lowest BCUT2D eigenvalue weighted by Crippen LogP contribution is -2.14. The van der Waals surface area contributed by atoms with Gasteiger partial charge in [0.1, 0.15) is 32.3 Å². The van der Waals surface area contributed by atoms with Crippen molar-refractivity contribution in [2.24, 2.45) is 0 Å². The average Bonchev–Trinajstić information content (AvgIpc) is 1.61. The average molecular weight is 2290 g/mol. The molecule has 47 heteroatoms. The maximum atomic E-state index is 13.7. The molecular weight excluding hydrogens is 2200 g/mol. The van der Waals surface area contributed by atoms with Crippen molar-refractivity contribution < 1.29 is 134 Å². The van der Waals surface area contributed by atoms with Crippen LogP contribution >= 0.6 is 78.9 Å². The molecule has 784 valence electrons. The molecule has 0 aliphatic heterocycles. The highest BCUT2D eigenvalue weighted by molar-refractivity contribution is 9.10. The van der Waals surface area contributed by atoms with Gasteiger partial charge in [-0.25, -0.2) is 94.7 Å². The van der Waals surface area contributed by atoms with Gasteiger partial charge in [-0.3, -0.25) is 9.59 Å². The number of carbonyl (C=O) groups is 6. The summed E-state index contributed by atoms with van der Waals surface area (Å²) in [5.41, 5.74) is 11.1. The van der Waals surface area contributed by atoms with Gasteiger partial charge < -0.3 is 44.1 Å². The predicted octanol–water partition coefficient (Wildman–Crippen LogP) is 20.1. The minimum Gasteiger partial charge on any atom is -0.497 e. The van der Waals surface area contributed by atoms with E-state index >= 15 is 0 Å². The van der Waals surface area contributed by atoms with Crippen molar-refractivity contribution >= 4 is 114 Å². The number of halogens is 16. The Kier molecular flexibility index (Phi) is 36.3. The third kappa shape index (κ3) is 26.3. The number of aromatic nitrogens is 12. The molecule has 4 aromatic heterocycles. The molecule has 27 nitrogen and oxygen atoms in total. The van der Waals surface area contributed by atoms with Crippen LogP contribution in [0.1, 0.15) is 179 Å². The quantitative estimate of drug-likeness (QED) is 0.0226. The number of carboxylic acid groups (broad SMARTS) is 2. The molecule has 0 saturated carbocycles. The van der Waals surface area contributed by atoms with Crippen LogP contribution in [0, 0.1) is 81.4 Å². The minimum absolute atomic E-state index is 0.00232. The molecule has 150 heavy (non-hydrogen) atoms. The minimum atomic E-state index is -1.17. The van der Waals surface area contributed by atoms with Crippen LogP contribution in [-0.2, 0) is 93.3 Å². The Hall–Kier alpha value is -13.3. The van der Waals surface area contributed by atoms with Gasteiger partial charge in [-0.05, 0) is 283 Å². The number of rotatable bonds is 23. The van der Waals surface area contributed by atoms with E-state index in [-0.39, 0.29) is 78.0 Å². The number of esters is 2. The van der Waals surface area contributed by atoms with Gasteiger partial charge in [-0.2, -0.15) is 5.21 Å². The molecule has 0 amide bonds. The monoisotopic (exact) mass is 2280 g/mol. The third-order valence-electron chi connectivity index (χ3n) is 24.6. The second-order valence-corrected chi connectivity index (χ2v) is 41.9. The van der Waals surface area contributed by atoms with Crippen molar-refractivity contribution in [2.45, 2.75) is 167 Å². The molecule has 5 unspecified atom stereocenters. The first-order chi connectivity index (χ1) is 71.7. The van der Waals surface area contributed by atoms with Gasteiger partial charge in [0.15, 0.2) is 98.0 Å². The topological polar surface area (TPSA) is 363 Å². The Morgan fingerprint density at radius 3 is 1.09 bits per heavy atom. The molecule has 7 aliphatic rings. The standard InChI is InChI=1S/C22H21F2N3O4S.C22H21F2N3O3S.C20H17F2N3O3S.C12H9F2N3O2S.C9H7BrF2O.C9H5BrF2O.C9H6F2O/c1-3-31-22(29)19-21(27(26-25-19)11-12-4-6-14(30-2)7-5-12)32-18-9-13-8-16(23)17(24)10-15(13)20(18)28;1-3-30-22(28)20-21(27(26-25-20)12-13-4-6-16(29-2)7-5-13)31-17-8-14-10-18(23)19(24)11-15(14)9-17;1-28-14-4-2-11(3-5-14)10-25-19(18(20(26)27)23-24-25)29-15-6-12-8-16(21)17(22)9-13(12)7-15;13-8-3-5-1-7(2-6(5)4-9(8)14)20-11-10(12(18)19)15-17-16-11;2*10-6-1-4-2-7(11)8(12)3-5(4)9(6)13;10-7-3-5-1-2-9(12)6(5)4-8(7)11/h4-8,10,18,20,28H,3,9,11H2,1-2H3;4-7,10-11,17H,3,8-9,12H2,1-2H3;2-5,8-9,15H,6-7,10H2,1H3,(H,26,27);3-4,7H,1-2H2,(H,18,19)(H,15,16,17);2-3,6,9,13H,1H2;2-3,6H,1H2;3-4H,1-2H2. The molecule has 5 atom stereocenters. The summed E-state index contributed by atoms with van der Waals surface area (Å²) >= 11 is 11.6. The maximum Gasteiger partial charge on any atom is 0.361 e. The summed E-state index contributed by atoms with van der Waals surface area (Å²) in [6, 6.07) is 38.1.